The quantitative estimate of drug-likeness (QED) is 0.870. The topological polar surface area (TPSA) is 49.4 Å². The molecule has 2 amide bonds. The average molecular weight is 332 g/mol. The standard InChI is InChI=1S/C18H18F2N2O2/c1-18(2,17(24)22(3)13-7-5-4-6-8-13)16(23)21-15-10-9-12(19)11-14(15)20/h4-11H,1-3H3,(H,21,23). The fraction of sp³-hybridized carbons (Fsp3) is 0.222. The molecular formula is C18H18F2N2O2. The van der Waals surface area contributed by atoms with Crippen LogP contribution in [-0.4, -0.2) is 18.9 Å². The molecule has 1 N–H and O–H groups in total. The lowest BCUT2D eigenvalue weighted by Crippen LogP contribution is -2.46. The monoisotopic (exact) mass is 332 g/mol. The van der Waals surface area contributed by atoms with Crippen molar-refractivity contribution in [2.45, 2.75) is 13.8 Å². The minimum Gasteiger partial charge on any atom is -0.323 e. The van der Waals surface area contributed by atoms with Crippen LogP contribution >= 0.6 is 0 Å². The van der Waals surface area contributed by atoms with Crippen molar-refractivity contribution in [2.75, 3.05) is 17.3 Å². The summed E-state index contributed by atoms with van der Waals surface area (Å²) in [6.45, 7) is 2.90. The number of carbonyl (C=O) groups excluding carboxylic acids is 2. The zero-order chi connectivity index (χ0) is 17.9. The first-order valence-corrected chi connectivity index (χ1v) is 7.33. The van der Waals surface area contributed by atoms with Crippen LogP contribution in [0, 0.1) is 17.0 Å². The molecule has 6 heteroatoms. The van der Waals surface area contributed by atoms with E-state index in [2.05, 4.69) is 5.32 Å². The Morgan fingerprint density at radius 2 is 1.67 bits per heavy atom. The molecule has 0 saturated carbocycles. The predicted molar refractivity (Wildman–Crippen MR) is 88.6 cm³/mol. The number of amides is 2. The first-order chi connectivity index (χ1) is 11.2. The normalized spacial score (nSPS) is 11.0. The van der Waals surface area contributed by atoms with Crippen LogP contribution in [0.25, 0.3) is 0 Å². The van der Waals surface area contributed by atoms with Crippen LogP contribution in [0.15, 0.2) is 48.5 Å². The number of hydrogen-bond donors (Lipinski definition) is 1. The molecule has 2 rings (SSSR count). The molecule has 2 aromatic carbocycles. The molecule has 0 aliphatic carbocycles. The van der Waals surface area contributed by atoms with Gasteiger partial charge in [0.1, 0.15) is 17.0 Å². The third-order valence-corrected chi connectivity index (χ3v) is 3.73. The van der Waals surface area contributed by atoms with Crippen molar-refractivity contribution in [1.29, 1.82) is 0 Å². The zero-order valence-corrected chi connectivity index (χ0v) is 13.6. The van der Waals surface area contributed by atoms with Gasteiger partial charge >= 0.3 is 0 Å². The van der Waals surface area contributed by atoms with Crippen LogP contribution in [0.5, 0.6) is 0 Å². The van der Waals surface area contributed by atoms with Gasteiger partial charge in [0, 0.05) is 18.8 Å². The summed E-state index contributed by atoms with van der Waals surface area (Å²) in [6, 6.07) is 11.7. The van der Waals surface area contributed by atoms with Crippen molar-refractivity contribution in [2.24, 2.45) is 5.41 Å². The molecule has 0 heterocycles. The smallest absolute Gasteiger partial charge is 0.241 e. The Morgan fingerprint density at radius 3 is 2.25 bits per heavy atom. The van der Waals surface area contributed by atoms with Gasteiger partial charge in [-0.05, 0) is 38.1 Å². The summed E-state index contributed by atoms with van der Waals surface area (Å²) in [6.07, 6.45) is 0. The molecule has 0 bridgehead atoms. The highest BCUT2D eigenvalue weighted by atomic mass is 19.1. The molecule has 0 unspecified atom stereocenters. The van der Waals surface area contributed by atoms with E-state index in [4.69, 9.17) is 0 Å². The van der Waals surface area contributed by atoms with Crippen molar-refractivity contribution < 1.29 is 18.4 Å². The van der Waals surface area contributed by atoms with E-state index >= 15 is 0 Å². The van der Waals surface area contributed by atoms with Crippen molar-refractivity contribution in [1.82, 2.24) is 0 Å². The second-order valence-corrected chi connectivity index (χ2v) is 5.90. The van der Waals surface area contributed by atoms with Gasteiger partial charge < -0.3 is 10.2 Å². The second kappa shape index (κ2) is 6.78. The summed E-state index contributed by atoms with van der Waals surface area (Å²) in [7, 11) is 1.56. The SMILES string of the molecule is CN(C(=O)C(C)(C)C(=O)Nc1ccc(F)cc1F)c1ccccc1. The number of benzene rings is 2. The zero-order valence-electron chi connectivity index (χ0n) is 13.6. The molecule has 0 aliphatic rings. The van der Waals surface area contributed by atoms with Crippen LogP contribution in [0.1, 0.15) is 13.8 Å². The summed E-state index contributed by atoms with van der Waals surface area (Å²) in [5.41, 5.74) is -0.980. The predicted octanol–water partition coefficient (Wildman–Crippen LogP) is 3.59. The molecule has 0 saturated heterocycles. The molecule has 2 aromatic rings. The lowest BCUT2D eigenvalue weighted by Gasteiger charge is -2.28. The van der Waals surface area contributed by atoms with Gasteiger partial charge in [0.15, 0.2) is 0 Å². The highest BCUT2D eigenvalue weighted by molar-refractivity contribution is 6.14. The first kappa shape index (κ1) is 17.6. The van der Waals surface area contributed by atoms with Gasteiger partial charge in [0.2, 0.25) is 11.8 Å². The molecule has 0 spiro atoms. The average Bonchev–Trinajstić information content (AvgIpc) is 2.56. The fourth-order valence-electron chi connectivity index (χ4n) is 2.15. The van der Waals surface area contributed by atoms with Gasteiger partial charge in [-0.15, -0.1) is 0 Å². The lowest BCUT2D eigenvalue weighted by molar-refractivity contribution is -0.136. The lowest BCUT2D eigenvalue weighted by atomic mass is 9.90. The third-order valence-electron chi connectivity index (χ3n) is 3.73. The van der Waals surface area contributed by atoms with Crippen molar-refractivity contribution >= 4 is 23.2 Å². The molecule has 24 heavy (non-hydrogen) atoms. The number of carbonyl (C=O) groups is 2. The Hall–Kier alpha value is -2.76. The van der Waals surface area contributed by atoms with Gasteiger partial charge in [-0.2, -0.15) is 0 Å². The van der Waals surface area contributed by atoms with Gasteiger partial charge in [-0.3, -0.25) is 9.59 Å². The summed E-state index contributed by atoms with van der Waals surface area (Å²) in [5.74, 6) is -2.78. The molecule has 0 fully saturated rings. The number of nitrogens with one attached hydrogen (secondary N) is 1. The molecular weight excluding hydrogens is 314 g/mol. The summed E-state index contributed by atoms with van der Waals surface area (Å²) < 4.78 is 26.6. The first-order valence-electron chi connectivity index (χ1n) is 7.33. The van der Waals surface area contributed by atoms with E-state index in [0.717, 1.165) is 12.1 Å². The van der Waals surface area contributed by atoms with Crippen molar-refractivity contribution in [3.8, 4) is 0 Å². The number of halogens is 2. The number of hydrogen-bond acceptors (Lipinski definition) is 2. The Labute approximate surface area is 139 Å². The minimum absolute atomic E-state index is 0.176. The van der Waals surface area contributed by atoms with Crippen molar-refractivity contribution in [3.05, 3.63) is 60.2 Å². The second-order valence-electron chi connectivity index (χ2n) is 5.90. The molecule has 0 aromatic heterocycles. The maximum Gasteiger partial charge on any atom is 0.241 e. The molecule has 0 radical (unpaired) electrons. The van der Waals surface area contributed by atoms with Gasteiger partial charge in [-0.1, -0.05) is 18.2 Å². The van der Waals surface area contributed by atoms with E-state index in [0.29, 0.717) is 11.8 Å². The maximum atomic E-state index is 13.7. The number of anilines is 2. The molecule has 126 valence electrons. The summed E-state index contributed by atoms with van der Waals surface area (Å²) in [4.78, 5) is 26.4. The summed E-state index contributed by atoms with van der Waals surface area (Å²) >= 11 is 0. The number of nitrogens with zero attached hydrogens (tertiary/aromatic N) is 1. The van der Waals surface area contributed by atoms with Gasteiger partial charge in [-0.25, -0.2) is 8.78 Å². The van der Waals surface area contributed by atoms with E-state index in [1.54, 1.807) is 31.3 Å². The summed E-state index contributed by atoms with van der Waals surface area (Å²) in [5, 5.41) is 2.34. The van der Waals surface area contributed by atoms with Crippen molar-refractivity contribution in [3.63, 3.8) is 0 Å². The highest BCUT2D eigenvalue weighted by Gasteiger charge is 2.39. The van der Waals surface area contributed by atoms with Gasteiger partial charge in [0.25, 0.3) is 0 Å². The molecule has 0 atom stereocenters. The van der Waals surface area contributed by atoms with Crippen LogP contribution in [-0.2, 0) is 9.59 Å². The van der Waals surface area contributed by atoms with Gasteiger partial charge in [0.05, 0.1) is 5.69 Å². The van der Waals surface area contributed by atoms with E-state index in [1.165, 1.54) is 18.7 Å². The number of para-hydroxylation sites is 1. The van der Waals surface area contributed by atoms with Crippen LogP contribution in [0.2, 0.25) is 0 Å². The maximum absolute atomic E-state index is 13.7. The Morgan fingerprint density at radius 1 is 1.04 bits per heavy atom. The highest BCUT2D eigenvalue weighted by Crippen LogP contribution is 2.25. The van der Waals surface area contributed by atoms with Crippen LogP contribution < -0.4 is 10.2 Å². The Bertz CT molecular complexity index is 761. The van der Waals surface area contributed by atoms with E-state index in [-0.39, 0.29) is 5.69 Å². The van der Waals surface area contributed by atoms with E-state index < -0.39 is 28.9 Å². The minimum atomic E-state index is -1.44. The Kier molecular flexibility index (Phi) is 4.97. The van der Waals surface area contributed by atoms with Crippen LogP contribution in [0.3, 0.4) is 0 Å². The van der Waals surface area contributed by atoms with E-state index in [9.17, 15) is 18.4 Å². The van der Waals surface area contributed by atoms with E-state index in [1.807, 2.05) is 6.07 Å². The Balaban J connectivity index is 2.19. The largest absolute Gasteiger partial charge is 0.323 e. The third kappa shape index (κ3) is 3.59. The number of rotatable bonds is 4. The molecule has 0 aliphatic heterocycles. The van der Waals surface area contributed by atoms with Crippen LogP contribution in [0.4, 0.5) is 20.2 Å². The fourth-order valence-corrected chi connectivity index (χ4v) is 2.15. The molecule has 4 nitrogen and oxygen atoms in total.